The molecule has 0 aromatic heterocycles. The van der Waals surface area contributed by atoms with Gasteiger partial charge >= 0.3 is 5.97 Å². The Morgan fingerprint density at radius 2 is 1.94 bits per heavy atom. The van der Waals surface area contributed by atoms with Crippen molar-refractivity contribution in [2.24, 2.45) is 4.99 Å². The lowest BCUT2D eigenvalue weighted by Gasteiger charge is -2.20. The first-order valence-corrected chi connectivity index (χ1v) is 11.2. The Hall–Kier alpha value is -3.99. The fraction of sp³-hybridized carbons (Fsp3) is 0.304. The molecule has 0 saturated heterocycles. The van der Waals surface area contributed by atoms with E-state index in [0.29, 0.717) is 23.8 Å². The Labute approximate surface area is 206 Å². The van der Waals surface area contributed by atoms with Crippen LogP contribution in [0.15, 0.2) is 35.3 Å². The Morgan fingerprint density at radius 3 is 2.63 bits per heavy atom. The smallest absolute Gasteiger partial charge is 0.305 e. The number of benzene rings is 2. The van der Waals surface area contributed by atoms with E-state index in [1.54, 1.807) is 6.92 Å². The molecule has 35 heavy (non-hydrogen) atoms. The third kappa shape index (κ3) is 7.24. The molecule has 2 aromatic rings. The van der Waals surface area contributed by atoms with Crippen LogP contribution < -0.4 is 21.3 Å². The zero-order valence-corrected chi connectivity index (χ0v) is 19.6. The molecule has 0 saturated carbocycles. The second-order valence-corrected chi connectivity index (χ2v) is 8.40. The van der Waals surface area contributed by atoms with Crippen molar-refractivity contribution in [2.75, 3.05) is 25.0 Å². The lowest BCUT2D eigenvalue weighted by molar-refractivity contribution is -0.137. The Balaban J connectivity index is 1.66. The predicted octanol–water partition coefficient (Wildman–Crippen LogP) is 1.88. The van der Waals surface area contributed by atoms with Gasteiger partial charge in [0, 0.05) is 41.0 Å². The highest BCUT2D eigenvalue weighted by Crippen LogP contribution is 2.32. The van der Waals surface area contributed by atoms with Gasteiger partial charge in [-0.3, -0.25) is 19.4 Å². The SMILES string of the molecule is Cc1cc(Cl)cc([C@@H](CC(=O)O)NC(=O)CNC(=O)c2cc(O)cc(NC3=NCCCN3)c2)c1O. The van der Waals surface area contributed by atoms with Crippen molar-refractivity contribution in [3.05, 3.63) is 52.0 Å². The van der Waals surface area contributed by atoms with Crippen molar-refractivity contribution in [1.82, 2.24) is 16.0 Å². The van der Waals surface area contributed by atoms with Crippen LogP contribution in [0.1, 0.15) is 40.4 Å². The van der Waals surface area contributed by atoms with E-state index in [4.69, 9.17) is 11.6 Å². The topological polar surface area (TPSA) is 172 Å². The summed E-state index contributed by atoms with van der Waals surface area (Å²) < 4.78 is 0. The first-order chi connectivity index (χ1) is 16.6. The van der Waals surface area contributed by atoms with Crippen LogP contribution in [0.2, 0.25) is 5.02 Å². The van der Waals surface area contributed by atoms with Crippen LogP contribution in [-0.2, 0) is 9.59 Å². The second kappa shape index (κ2) is 11.4. The van der Waals surface area contributed by atoms with Crippen LogP contribution >= 0.6 is 11.6 Å². The van der Waals surface area contributed by atoms with E-state index in [2.05, 4.69) is 26.3 Å². The number of guanidine groups is 1. The summed E-state index contributed by atoms with van der Waals surface area (Å²) in [6.07, 6.45) is 0.400. The van der Waals surface area contributed by atoms with Gasteiger partial charge in [-0.25, -0.2) is 0 Å². The first kappa shape index (κ1) is 25.6. The first-order valence-electron chi connectivity index (χ1n) is 10.8. The summed E-state index contributed by atoms with van der Waals surface area (Å²) in [7, 11) is 0. The highest BCUT2D eigenvalue weighted by atomic mass is 35.5. The number of carbonyl (C=O) groups is 3. The minimum absolute atomic E-state index is 0.0990. The number of carbonyl (C=O) groups excluding carboxylic acids is 2. The minimum Gasteiger partial charge on any atom is -0.508 e. The fourth-order valence-electron chi connectivity index (χ4n) is 3.52. The van der Waals surface area contributed by atoms with Crippen molar-refractivity contribution < 1.29 is 29.7 Å². The number of phenolic OH excluding ortho intramolecular Hbond substituents is 2. The van der Waals surface area contributed by atoms with Gasteiger partial charge in [0.15, 0.2) is 5.96 Å². The predicted molar refractivity (Wildman–Crippen MR) is 130 cm³/mol. The van der Waals surface area contributed by atoms with E-state index in [1.807, 2.05) is 0 Å². The van der Waals surface area contributed by atoms with Crippen LogP contribution in [0.25, 0.3) is 0 Å². The van der Waals surface area contributed by atoms with E-state index in [1.165, 1.54) is 30.3 Å². The zero-order valence-electron chi connectivity index (χ0n) is 18.9. The van der Waals surface area contributed by atoms with Crippen molar-refractivity contribution in [2.45, 2.75) is 25.8 Å². The molecule has 0 aliphatic carbocycles. The largest absolute Gasteiger partial charge is 0.508 e. The van der Waals surface area contributed by atoms with Gasteiger partial charge in [-0.05, 0) is 43.2 Å². The number of aliphatic carboxylic acids is 1. The summed E-state index contributed by atoms with van der Waals surface area (Å²) >= 11 is 6.03. The van der Waals surface area contributed by atoms with Gasteiger partial charge in [0.05, 0.1) is 19.0 Å². The zero-order chi connectivity index (χ0) is 25.5. The van der Waals surface area contributed by atoms with Gasteiger partial charge in [0.1, 0.15) is 11.5 Å². The molecule has 0 spiro atoms. The maximum absolute atomic E-state index is 12.6. The molecule has 11 nitrogen and oxygen atoms in total. The molecule has 186 valence electrons. The molecule has 0 radical (unpaired) electrons. The Bertz CT molecular complexity index is 1170. The van der Waals surface area contributed by atoms with Crippen molar-refractivity contribution >= 4 is 41.0 Å². The van der Waals surface area contributed by atoms with Crippen LogP contribution in [0, 0.1) is 6.92 Å². The molecule has 7 N–H and O–H groups in total. The van der Waals surface area contributed by atoms with Crippen LogP contribution in [-0.4, -0.2) is 58.7 Å². The number of nitrogens with one attached hydrogen (secondary N) is 4. The maximum Gasteiger partial charge on any atom is 0.305 e. The molecule has 1 atom stereocenters. The van der Waals surface area contributed by atoms with Gasteiger partial charge < -0.3 is 36.6 Å². The number of aliphatic imine (C=N–C) groups is 1. The molecular weight excluding hydrogens is 478 g/mol. The second-order valence-electron chi connectivity index (χ2n) is 7.97. The highest BCUT2D eigenvalue weighted by Gasteiger charge is 2.23. The maximum atomic E-state index is 12.6. The molecule has 1 heterocycles. The molecule has 0 bridgehead atoms. The minimum atomic E-state index is -1.20. The molecule has 2 amide bonds. The number of hydrogen-bond acceptors (Lipinski definition) is 8. The quantitative estimate of drug-likeness (QED) is 0.286. The van der Waals surface area contributed by atoms with Crippen molar-refractivity contribution in [1.29, 1.82) is 0 Å². The number of aryl methyl sites for hydroxylation is 1. The number of anilines is 1. The number of amides is 2. The molecule has 1 aliphatic rings. The molecule has 0 unspecified atom stereocenters. The molecule has 2 aromatic carbocycles. The Morgan fingerprint density at radius 1 is 1.17 bits per heavy atom. The number of rotatable bonds is 8. The van der Waals surface area contributed by atoms with Crippen LogP contribution in [0.3, 0.4) is 0 Å². The van der Waals surface area contributed by atoms with Gasteiger partial charge in [0.25, 0.3) is 5.91 Å². The molecule has 3 rings (SSSR count). The Kier molecular flexibility index (Phi) is 8.37. The summed E-state index contributed by atoms with van der Waals surface area (Å²) in [6.45, 7) is 2.54. The molecule has 1 aliphatic heterocycles. The average molecular weight is 504 g/mol. The highest BCUT2D eigenvalue weighted by molar-refractivity contribution is 6.30. The fourth-order valence-corrected chi connectivity index (χ4v) is 3.80. The van der Waals surface area contributed by atoms with E-state index >= 15 is 0 Å². The summed E-state index contributed by atoms with van der Waals surface area (Å²) in [4.78, 5) is 40.7. The molecule has 12 heteroatoms. The lowest BCUT2D eigenvalue weighted by atomic mass is 10.00. The van der Waals surface area contributed by atoms with Gasteiger partial charge in [-0.15, -0.1) is 0 Å². The molecular formula is C23H26ClN5O6. The summed E-state index contributed by atoms with van der Waals surface area (Å²) in [6, 6.07) is 5.98. The van der Waals surface area contributed by atoms with Crippen LogP contribution in [0.5, 0.6) is 11.5 Å². The third-order valence-corrected chi connectivity index (χ3v) is 5.35. The van der Waals surface area contributed by atoms with E-state index in [9.17, 15) is 29.7 Å². The number of carboxylic acid groups (broad SMARTS) is 1. The van der Waals surface area contributed by atoms with E-state index < -0.39 is 36.8 Å². The van der Waals surface area contributed by atoms with Gasteiger partial charge in [-0.2, -0.15) is 0 Å². The number of phenols is 2. The number of aromatic hydroxyl groups is 2. The number of nitrogens with zero attached hydrogens (tertiary/aromatic N) is 1. The summed E-state index contributed by atoms with van der Waals surface area (Å²) in [5, 5.41) is 40.9. The third-order valence-electron chi connectivity index (χ3n) is 5.13. The van der Waals surface area contributed by atoms with Crippen molar-refractivity contribution in [3.63, 3.8) is 0 Å². The normalized spacial score (nSPS) is 13.7. The average Bonchev–Trinajstić information content (AvgIpc) is 2.79. The summed E-state index contributed by atoms with van der Waals surface area (Å²) in [5.74, 6) is -2.32. The van der Waals surface area contributed by atoms with E-state index in [-0.39, 0.29) is 27.6 Å². The standard InChI is InChI=1S/C23H26ClN5O6/c1-12-5-14(24)8-17(21(12)34)18(10-20(32)33)29-19(31)11-27-22(35)13-6-15(9-16(30)7-13)28-23-25-3-2-4-26-23/h5-9,18,30,34H,2-4,10-11H2,1H3,(H,27,35)(H,29,31)(H,32,33)(H2,25,26,28)/t18-/m1/s1. The summed E-state index contributed by atoms with van der Waals surface area (Å²) in [5.41, 5.74) is 1.11. The van der Waals surface area contributed by atoms with E-state index in [0.717, 1.165) is 13.0 Å². The number of halogens is 1. The lowest BCUT2D eigenvalue weighted by Crippen LogP contribution is -2.39. The molecule has 0 fully saturated rings. The van der Waals surface area contributed by atoms with Gasteiger partial charge in [0.2, 0.25) is 5.91 Å². The monoisotopic (exact) mass is 503 g/mol. The van der Waals surface area contributed by atoms with Crippen molar-refractivity contribution in [3.8, 4) is 11.5 Å². The van der Waals surface area contributed by atoms with Crippen LogP contribution in [0.4, 0.5) is 5.69 Å². The number of carboxylic acids is 1. The van der Waals surface area contributed by atoms with Gasteiger partial charge in [-0.1, -0.05) is 11.6 Å². The number of hydrogen-bond donors (Lipinski definition) is 7.